The predicted octanol–water partition coefficient (Wildman–Crippen LogP) is 3.28. The average molecular weight is 798 g/mol. The Morgan fingerprint density at radius 2 is 1.43 bits per heavy atom. The molecule has 0 bridgehead atoms. The van der Waals surface area contributed by atoms with E-state index in [1.165, 1.54) is 36.4 Å². The number of aliphatic hydroxyl groups is 1. The molecule has 0 aromatic heterocycles. The third kappa shape index (κ3) is 12.7. The zero-order valence-electron chi connectivity index (χ0n) is 24.8. The van der Waals surface area contributed by atoms with Crippen molar-refractivity contribution in [3.63, 3.8) is 0 Å². The van der Waals surface area contributed by atoms with Crippen LogP contribution in [0.5, 0.6) is 5.75 Å². The monoisotopic (exact) mass is 796 g/mol. The van der Waals surface area contributed by atoms with Crippen molar-refractivity contribution >= 4 is 81.1 Å². The first-order valence-corrected chi connectivity index (χ1v) is 20.5. The van der Waals surface area contributed by atoms with Crippen LogP contribution in [0.3, 0.4) is 0 Å². The predicted molar refractivity (Wildman–Crippen MR) is 179 cm³/mol. The summed E-state index contributed by atoms with van der Waals surface area (Å²) in [5, 5.41) is 24.9. The Hall–Kier alpha value is -0.580. The summed E-state index contributed by atoms with van der Waals surface area (Å²) < 4.78 is 46.0. The molecule has 0 aliphatic heterocycles. The highest BCUT2D eigenvalue weighted by Gasteiger charge is 2.58. The van der Waals surface area contributed by atoms with Crippen LogP contribution < -0.4 is 9.93 Å². The van der Waals surface area contributed by atoms with Gasteiger partial charge in [0.25, 0.3) is 5.08 Å². The van der Waals surface area contributed by atoms with Crippen molar-refractivity contribution in [3.8, 4) is 5.75 Å². The molecular weight excluding hydrogens is 759 g/mol. The van der Waals surface area contributed by atoms with Crippen molar-refractivity contribution in [2.45, 2.75) is 17.9 Å². The Kier molecular flexibility index (Phi) is 19.1. The lowest BCUT2D eigenvalue weighted by molar-refractivity contribution is -0.385. The van der Waals surface area contributed by atoms with Crippen LogP contribution in [0.1, 0.15) is 18.4 Å². The quantitative estimate of drug-likeness (QED) is 0.0220. The number of hydrogen-bond acceptors (Lipinski definition) is 9. The van der Waals surface area contributed by atoms with E-state index in [2.05, 4.69) is 10.3 Å². The van der Waals surface area contributed by atoms with Crippen molar-refractivity contribution in [3.05, 3.63) is 33.9 Å². The summed E-state index contributed by atoms with van der Waals surface area (Å²) in [5.74, 6) is 0.523. The number of nitro benzene ring substituents is 1. The second kappa shape index (κ2) is 20.2. The molecule has 1 aromatic rings. The highest BCUT2D eigenvalue weighted by molar-refractivity contribution is 7.72. The zero-order chi connectivity index (χ0) is 35.2. The molecule has 17 nitrogen and oxygen atoms in total. The van der Waals surface area contributed by atoms with Crippen molar-refractivity contribution in [2.75, 3.05) is 76.4 Å². The van der Waals surface area contributed by atoms with Crippen LogP contribution in [-0.4, -0.2) is 132 Å². The third-order valence-electron chi connectivity index (χ3n) is 6.42. The van der Waals surface area contributed by atoms with E-state index >= 15 is 0 Å². The Balaban J connectivity index is 3.04. The fourth-order valence-corrected chi connectivity index (χ4v) is 9.68. The number of benzene rings is 1. The molecule has 1 aromatic carbocycles. The largest absolute Gasteiger partial charge is 0.487 e. The van der Waals surface area contributed by atoms with Gasteiger partial charge in [-0.2, -0.15) is 5.10 Å². The van der Waals surface area contributed by atoms with Crippen LogP contribution in [0, 0.1) is 10.1 Å². The van der Waals surface area contributed by atoms with Gasteiger partial charge >= 0.3 is 28.5 Å². The van der Waals surface area contributed by atoms with Gasteiger partial charge in [-0.25, -0.2) is 14.5 Å². The van der Waals surface area contributed by atoms with E-state index in [0.717, 1.165) is 0 Å². The first kappa shape index (κ1) is 43.4. The molecule has 0 aliphatic carbocycles. The molecule has 0 amide bonds. The molecule has 0 fully saturated rings. The average Bonchev–Trinajstić information content (AvgIpc) is 2.96. The molecule has 0 aliphatic rings. The topological polar surface area (TPSA) is 239 Å². The lowest BCUT2D eigenvalue weighted by atomic mass is 10.2. The Morgan fingerprint density at radius 3 is 1.87 bits per heavy atom. The van der Waals surface area contributed by atoms with Gasteiger partial charge in [0, 0.05) is 75.3 Å². The first-order valence-electron chi connectivity index (χ1n) is 13.5. The van der Waals surface area contributed by atoms with Crippen LogP contribution >= 0.6 is 69.2 Å². The standard InChI is InChI=1S/C22H39Cl4N6O11P3/c1-29(11-5-22(33,44(36,37)38)45(39,40)41)10-2-16-43-21-17-19(3-4-20(21)32(34)35)18-27-28-46(42,30(12-6-23)13-7-24)31(14-8-25)15-9-26/h3-4,17-18,33H,2,5-16H2,1H3,(H,28,42)(H2,36,37,38)(H2,39,40,41)/b27-18+. The fraction of sp³-hybridized carbons (Fsp3) is 0.682. The Bertz CT molecular complexity index is 1240. The van der Waals surface area contributed by atoms with Crippen molar-refractivity contribution in [2.24, 2.45) is 5.10 Å². The molecule has 0 heterocycles. The molecule has 0 radical (unpaired) electrons. The molecule has 1 rings (SSSR count). The molecule has 266 valence electrons. The number of halogens is 4. The maximum absolute atomic E-state index is 14.2. The minimum absolute atomic E-state index is 0.0574. The van der Waals surface area contributed by atoms with Gasteiger partial charge < -0.3 is 34.3 Å². The molecule has 0 saturated carbocycles. The van der Waals surface area contributed by atoms with Gasteiger partial charge in [0.15, 0.2) is 5.75 Å². The molecule has 0 atom stereocenters. The number of nitrogens with zero attached hydrogens (tertiary/aromatic N) is 5. The summed E-state index contributed by atoms with van der Waals surface area (Å²) in [7, 11) is -13.3. The fourth-order valence-electron chi connectivity index (χ4n) is 3.95. The maximum Gasteiger partial charge on any atom is 0.369 e. The minimum Gasteiger partial charge on any atom is -0.487 e. The summed E-state index contributed by atoms with van der Waals surface area (Å²) in [6.07, 6.45) is 0.603. The molecule has 6 N–H and O–H groups in total. The molecule has 24 heteroatoms. The van der Waals surface area contributed by atoms with E-state index in [9.17, 15) is 48.5 Å². The van der Waals surface area contributed by atoms with Crippen LogP contribution in [-0.2, 0) is 13.7 Å². The normalized spacial score (nSPS) is 13.3. The van der Waals surface area contributed by atoms with Crippen LogP contribution in [0.4, 0.5) is 5.69 Å². The van der Waals surface area contributed by atoms with Gasteiger partial charge in [-0.1, -0.05) is 0 Å². The third-order valence-corrected chi connectivity index (χ3v) is 13.7. The van der Waals surface area contributed by atoms with Crippen LogP contribution in [0.2, 0.25) is 0 Å². The van der Waals surface area contributed by atoms with E-state index in [0.29, 0.717) is 5.56 Å². The van der Waals surface area contributed by atoms with E-state index in [1.807, 2.05) is 0 Å². The van der Waals surface area contributed by atoms with Crippen molar-refractivity contribution in [1.82, 2.24) is 19.4 Å². The smallest absolute Gasteiger partial charge is 0.369 e. The molecule has 0 saturated heterocycles. The number of nitrogens with one attached hydrogen (secondary N) is 1. The maximum atomic E-state index is 14.2. The molecule has 0 spiro atoms. The minimum atomic E-state index is -5.58. The summed E-state index contributed by atoms with van der Waals surface area (Å²) in [6, 6.07) is 3.96. The highest BCUT2D eigenvalue weighted by Crippen LogP contribution is 2.68. The lowest BCUT2D eigenvalue weighted by Gasteiger charge is -2.37. The van der Waals surface area contributed by atoms with Gasteiger partial charge in [-0.15, -0.1) is 46.4 Å². The highest BCUT2D eigenvalue weighted by atomic mass is 35.5. The lowest BCUT2D eigenvalue weighted by Crippen LogP contribution is -2.40. The molecule has 46 heavy (non-hydrogen) atoms. The van der Waals surface area contributed by atoms with Gasteiger partial charge in [0.1, 0.15) is 0 Å². The summed E-state index contributed by atoms with van der Waals surface area (Å²) in [6.45, 7) is 0.688. The number of alkyl halides is 4. The van der Waals surface area contributed by atoms with E-state index in [-0.39, 0.29) is 87.3 Å². The van der Waals surface area contributed by atoms with Gasteiger partial charge in [-0.3, -0.25) is 23.8 Å². The van der Waals surface area contributed by atoms with Crippen molar-refractivity contribution in [1.29, 1.82) is 0 Å². The van der Waals surface area contributed by atoms with Crippen LogP contribution in [0.15, 0.2) is 23.3 Å². The van der Waals surface area contributed by atoms with Gasteiger partial charge in [0.05, 0.1) is 17.7 Å². The van der Waals surface area contributed by atoms with Crippen molar-refractivity contribution < 1.29 is 48.0 Å². The van der Waals surface area contributed by atoms with E-state index in [1.54, 1.807) is 9.34 Å². The summed E-state index contributed by atoms with van der Waals surface area (Å²) in [4.78, 5) is 49.5. The molecular formula is C22H39Cl4N6O11P3. The zero-order valence-corrected chi connectivity index (χ0v) is 30.5. The summed E-state index contributed by atoms with van der Waals surface area (Å²) in [5.41, 5.74) is 0.0108. The number of hydrazone groups is 1. The SMILES string of the molecule is CN(CCCOc1cc(/C=N/NP(=O)(N(CCCl)CCCl)N(CCCl)CCCl)ccc1[N+](=O)[O-])CCC(O)(P(=O)(O)O)P(=O)(O)O. The number of rotatable bonds is 24. The van der Waals surface area contributed by atoms with Gasteiger partial charge in [0.2, 0.25) is 0 Å². The first-order chi connectivity index (χ1) is 21.4. The summed E-state index contributed by atoms with van der Waals surface area (Å²) >= 11 is 23.8. The second-order valence-corrected chi connectivity index (χ2v) is 17.6. The second-order valence-electron chi connectivity index (χ2n) is 9.67. The number of nitro groups is 1. The van der Waals surface area contributed by atoms with E-state index in [4.69, 9.17) is 51.1 Å². The van der Waals surface area contributed by atoms with Crippen LogP contribution in [0.25, 0.3) is 0 Å². The number of hydrogen-bond donors (Lipinski definition) is 6. The van der Waals surface area contributed by atoms with Gasteiger partial charge in [-0.05, 0) is 31.2 Å². The Labute approximate surface area is 286 Å². The number of ether oxygens (including phenoxy) is 1. The Morgan fingerprint density at radius 1 is 0.935 bits per heavy atom. The molecule has 0 unspecified atom stereocenters. The van der Waals surface area contributed by atoms with E-state index < -0.39 is 39.2 Å².